The predicted molar refractivity (Wildman–Crippen MR) is 139 cm³/mol. The molecule has 0 aliphatic heterocycles. The number of carbonyl (C=O) groups is 2. The first-order valence-electron chi connectivity index (χ1n) is 11.6. The Morgan fingerprint density at radius 3 is 2.14 bits per heavy atom. The van der Waals surface area contributed by atoms with E-state index in [1.165, 1.54) is 12.1 Å². The Bertz CT molecular complexity index is 1260. The molecule has 0 bridgehead atoms. The first-order chi connectivity index (χ1) is 16.8. The number of nitrogens with one attached hydrogen (secondary N) is 2. The molecule has 0 aromatic heterocycles. The fourth-order valence-electron chi connectivity index (χ4n) is 3.45. The Morgan fingerprint density at radius 2 is 1.51 bits per heavy atom. The Hall–Kier alpha value is -3.65. The van der Waals surface area contributed by atoms with Crippen molar-refractivity contribution in [2.24, 2.45) is 0 Å². The predicted octanol–water partition coefficient (Wildman–Crippen LogP) is 4.61. The maximum atomic E-state index is 13.5. The average Bonchev–Trinajstić information content (AvgIpc) is 2.88. The van der Waals surface area contributed by atoms with E-state index >= 15 is 0 Å². The lowest BCUT2D eigenvalue weighted by atomic mass is 10.1. The molecule has 0 saturated carbocycles. The van der Waals surface area contributed by atoms with Crippen molar-refractivity contribution in [2.45, 2.75) is 44.6 Å². The molecule has 0 spiro atoms. The monoisotopic (exact) mass is 493 g/mol. The summed E-state index contributed by atoms with van der Waals surface area (Å²) in [7, 11) is -4.01. The van der Waals surface area contributed by atoms with Gasteiger partial charge in [0.2, 0.25) is 5.91 Å². The number of anilines is 2. The molecule has 35 heavy (non-hydrogen) atoms. The normalized spacial score (nSPS) is 12.0. The van der Waals surface area contributed by atoms with E-state index in [1.807, 2.05) is 32.9 Å². The minimum absolute atomic E-state index is 0.0242. The number of sulfonamides is 1. The lowest BCUT2D eigenvalue weighted by Crippen LogP contribution is -2.38. The first kappa shape index (κ1) is 26.0. The second kappa shape index (κ2) is 11.7. The van der Waals surface area contributed by atoms with Crippen LogP contribution in [0, 0.1) is 0 Å². The number of hydrogen-bond donors (Lipinski definition) is 2. The smallest absolute Gasteiger partial charge is 0.264 e. The second-order valence-corrected chi connectivity index (χ2v) is 10.1. The molecule has 0 radical (unpaired) electrons. The molecule has 2 N–H and O–H groups in total. The quantitative estimate of drug-likeness (QED) is 0.431. The Kier molecular flexibility index (Phi) is 8.65. The zero-order valence-corrected chi connectivity index (χ0v) is 21.0. The maximum Gasteiger partial charge on any atom is 0.264 e. The van der Waals surface area contributed by atoms with E-state index in [4.69, 9.17) is 0 Å². The number of rotatable bonds is 10. The second-order valence-electron chi connectivity index (χ2n) is 8.22. The standard InChI is InChI=1S/C27H31N3O4S/c1-4-20(3)28-27(32)24-13-9-10-14-25(24)29-26(31)19-30(22-17-15-21(5-2)16-18-22)35(33,34)23-11-7-6-8-12-23/h6-18,20H,4-5,19H2,1-3H3,(H,28,32)(H,29,31)/t20-/m0/s1. The zero-order chi connectivity index (χ0) is 25.4. The van der Waals surface area contributed by atoms with E-state index in [2.05, 4.69) is 10.6 Å². The molecular formula is C27H31N3O4S. The lowest BCUT2D eigenvalue weighted by molar-refractivity contribution is -0.114. The van der Waals surface area contributed by atoms with Gasteiger partial charge in [-0.25, -0.2) is 8.42 Å². The molecular weight excluding hydrogens is 462 g/mol. The zero-order valence-electron chi connectivity index (χ0n) is 20.2. The Labute approximate surface area is 207 Å². The van der Waals surface area contributed by atoms with Crippen molar-refractivity contribution >= 4 is 33.2 Å². The van der Waals surface area contributed by atoms with Gasteiger partial charge in [-0.3, -0.25) is 13.9 Å². The highest BCUT2D eigenvalue weighted by molar-refractivity contribution is 7.92. The van der Waals surface area contributed by atoms with Gasteiger partial charge in [-0.05, 0) is 61.7 Å². The van der Waals surface area contributed by atoms with Crippen LogP contribution >= 0.6 is 0 Å². The Balaban J connectivity index is 1.90. The summed E-state index contributed by atoms with van der Waals surface area (Å²) in [5.74, 6) is -0.868. The number of nitrogens with zero attached hydrogens (tertiary/aromatic N) is 1. The maximum absolute atomic E-state index is 13.5. The van der Waals surface area contributed by atoms with E-state index in [9.17, 15) is 18.0 Å². The van der Waals surface area contributed by atoms with Crippen LogP contribution in [0.25, 0.3) is 0 Å². The molecule has 2 amide bonds. The van der Waals surface area contributed by atoms with Crippen molar-refractivity contribution in [2.75, 3.05) is 16.2 Å². The van der Waals surface area contributed by atoms with Crippen molar-refractivity contribution in [1.29, 1.82) is 0 Å². The van der Waals surface area contributed by atoms with Crippen molar-refractivity contribution < 1.29 is 18.0 Å². The van der Waals surface area contributed by atoms with Gasteiger partial charge in [-0.2, -0.15) is 0 Å². The van der Waals surface area contributed by atoms with Gasteiger partial charge in [0.25, 0.3) is 15.9 Å². The SMILES string of the molecule is CCc1ccc(N(CC(=O)Nc2ccccc2C(=O)N[C@@H](C)CC)S(=O)(=O)c2ccccc2)cc1. The molecule has 0 unspecified atom stereocenters. The van der Waals surface area contributed by atoms with Crippen molar-refractivity contribution in [3.8, 4) is 0 Å². The fraction of sp³-hybridized carbons (Fsp3) is 0.259. The van der Waals surface area contributed by atoms with Crippen LogP contribution in [0.3, 0.4) is 0 Å². The third-order valence-corrected chi connectivity index (χ3v) is 7.47. The molecule has 7 nitrogen and oxygen atoms in total. The summed E-state index contributed by atoms with van der Waals surface area (Å²) in [6, 6.07) is 21.7. The van der Waals surface area contributed by atoms with Crippen LogP contribution in [0.5, 0.6) is 0 Å². The minimum Gasteiger partial charge on any atom is -0.350 e. The lowest BCUT2D eigenvalue weighted by Gasteiger charge is -2.24. The van der Waals surface area contributed by atoms with E-state index in [0.717, 1.165) is 22.7 Å². The molecule has 1 atom stereocenters. The summed E-state index contributed by atoms with van der Waals surface area (Å²) in [5, 5.41) is 5.61. The molecule has 184 valence electrons. The van der Waals surface area contributed by atoms with E-state index in [0.29, 0.717) is 16.9 Å². The first-order valence-corrected chi connectivity index (χ1v) is 13.1. The summed E-state index contributed by atoms with van der Waals surface area (Å²) >= 11 is 0. The van der Waals surface area contributed by atoms with Gasteiger partial charge in [-0.1, -0.05) is 56.3 Å². The van der Waals surface area contributed by atoms with Gasteiger partial charge in [0.1, 0.15) is 6.54 Å². The number of carbonyl (C=O) groups excluding carboxylic acids is 2. The molecule has 3 aromatic carbocycles. The van der Waals surface area contributed by atoms with Gasteiger partial charge in [0.15, 0.2) is 0 Å². The number of benzene rings is 3. The van der Waals surface area contributed by atoms with Gasteiger partial charge < -0.3 is 10.6 Å². The third kappa shape index (κ3) is 6.48. The van der Waals surface area contributed by atoms with Crippen LogP contribution in [-0.4, -0.2) is 32.8 Å². The van der Waals surface area contributed by atoms with Crippen molar-refractivity contribution in [1.82, 2.24) is 5.32 Å². The molecule has 0 aliphatic rings. The van der Waals surface area contributed by atoms with Gasteiger partial charge >= 0.3 is 0 Å². The highest BCUT2D eigenvalue weighted by Gasteiger charge is 2.27. The summed E-state index contributed by atoms with van der Waals surface area (Å²) < 4.78 is 28.1. The molecule has 0 saturated heterocycles. The number of amides is 2. The largest absolute Gasteiger partial charge is 0.350 e. The molecule has 0 heterocycles. The minimum atomic E-state index is -4.01. The summed E-state index contributed by atoms with van der Waals surface area (Å²) in [6.07, 6.45) is 1.57. The average molecular weight is 494 g/mol. The van der Waals surface area contributed by atoms with E-state index < -0.39 is 22.5 Å². The van der Waals surface area contributed by atoms with E-state index in [-0.39, 0.29) is 16.8 Å². The number of para-hydroxylation sites is 1. The molecule has 8 heteroatoms. The summed E-state index contributed by atoms with van der Waals surface area (Å²) in [5.41, 5.74) is 2.06. The summed E-state index contributed by atoms with van der Waals surface area (Å²) in [4.78, 5) is 25.9. The molecule has 3 aromatic rings. The van der Waals surface area contributed by atoms with Crippen LogP contribution in [0.1, 0.15) is 43.1 Å². The van der Waals surface area contributed by atoms with Gasteiger partial charge in [-0.15, -0.1) is 0 Å². The van der Waals surface area contributed by atoms with Crippen molar-refractivity contribution in [3.63, 3.8) is 0 Å². The number of hydrogen-bond acceptors (Lipinski definition) is 4. The molecule has 0 aliphatic carbocycles. The van der Waals surface area contributed by atoms with Crippen LogP contribution in [0.15, 0.2) is 83.8 Å². The molecule has 3 rings (SSSR count). The van der Waals surface area contributed by atoms with Gasteiger partial charge in [0.05, 0.1) is 21.8 Å². The Morgan fingerprint density at radius 1 is 0.886 bits per heavy atom. The highest BCUT2D eigenvalue weighted by atomic mass is 32.2. The van der Waals surface area contributed by atoms with Crippen LogP contribution in [0.4, 0.5) is 11.4 Å². The summed E-state index contributed by atoms with van der Waals surface area (Å²) in [6.45, 7) is 5.42. The van der Waals surface area contributed by atoms with E-state index in [1.54, 1.807) is 54.6 Å². The highest BCUT2D eigenvalue weighted by Crippen LogP contribution is 2.25. The van der Waals surface area contributed by atoms with Gasteiger partial charge in [0, 0.05) is 6.04 Å². The van der Waals surface area contributed by atoms with Crippen molar-refractivity contribution in [3.05, 3.63) is 90.0 Å². The van der Waals surface area contributed by atoms with Crippen LogP contribution in [0.2, 0.25) is 0 Å². The van der Waals surface area contributed by atoms with Crippen LogP contribution in [-0.2, 0) is 21.2 Å². The van der Waals surface area contributed by atoms with Crippen LogP contribution < -0.4 is 14.9 Å². The third-order valence-electron chi connectivity index (χ3n) is 5.69. The fourth-order valence-corrected chi connectivity index (χ4v) is 4.89. The number of aryl methyl sites for hydroxylation is 1. The molecule has 0 fully saturated rings. The topological polar surface area (TPSA) is 95.6 Å².